The molecule has 1 aliphatic rings. The summed E-state index contributed by atoms with van der Waals surface area (Å²) in [6.07, 6.45) is 3.11. The maximum absolute atomic E-state index is 12.9. The maximum atomic E-state index is 12.9. The van der Waals surface area contributed by atoms with Crippen LogP contribution < -0.4 is 10.0 Å². The SMILES string of the molecule is O=S(=O)(NCCCNC1CC1)c1ccc(F)cc1Cl. The number of hydrogen-bond donors (Lipinski definition) is 2. The molecular formula is C12H16ClFN2O2S. The summed E-state index contributed by atoms with van der Waals surface area (Å²) >= 11 is 5.73. The molecule has 0 spiro atoms. The molecule has 1 aromatic rings. The lowest BCUT2D eigenvalue weighted by molar-refractivity contribution is 0.572. The van der Waals surface area contributed by atoms with Gasteiger partial charge in [0.2, 0.25) is 10.0 Å². The van der Waals surface area contributed by atoms with E-state index in [-0.39, 0.29) is 9.92 Å². The van der Waals surface area contributed by atoms with Crippen molar-refractivity contribution in [1.29, 1.82) is 0 Å². The molecule has 0 heterocycles. The van der Waals surface area contributed by atoms with Crippen LogP contribution in [0.15, 0.2) is 23.1 Å². The van der Waals surface area contributed by atoms with Crippen molar-refractivity contribution in [2.75, 3.05) is 13.1 Å². The highest BCUT2D eigenvalue weighted by Crippen LogP contribution is 2.22. The predicted molar refractivity (Wildman–Crippen MR) is 72.2 cm³/mol. The van der Waals surface area contributed by atoms with E-state index in [0.717, 1.165) is 18.7 Å². The quantitative estimate of drug-likeness (QED) is 0.757. The molecule has 0 amide bonds. The Hall–Kier alpha value is -0.690. The van der Waals surface area contributed by atoms with Gasteiger partial charge < -0.3 is 5.32 Å². The molecule has 0 radical (unpaired) electrons. The summed E-state index contributed by atoms with van der Waals surface area (Å²) in [5.41, 5.74) is 0. The Morgan fingerprint density at radius 3 is 2.68 bits per heavy atom. The molecule has 2 N–H and O–H groups in total. The molecule has 106 valence electrons. The number of rotatable bonds is 7. The molecule has 0 aliphatic heterocycles. The zero-order valence-electron chi connectivity index (χ0n) is 10.3. The first-order valence-corrected chi connectivity index (χ1v) is 8.03. The normalized spacial score (nSPS) is 15.7. The van der Waals surface area contributed by atoms with Crippen molar-refractivity contribution >= 4 is 21.6 Å². The fraction of sp³-hybridized carbons (Fsp3) is 0.500. The third kappa shape index (κ3) is 4.42. The van der Waals surface area contributed by atoms with Crippen LogP contribution in [-0.2, 0) is 10.0 Å². The van der Waals surface area contributed by atoms with Crippen LogP contribution in [0.4, 0.5) is 4.39 Å². The smallest absolute Gasteiger partial charge is 0.242 e. The molecule has 0 unspecified atom stereocenters. The van der Waals surface area contributed by atoms with Crippen LogP contribution in [0, 0.1) is 5.82 Å². The average molecular weight is 307 g/mol. The first kappa shape index (κ1) is 14.7. The molecule has 1 aliphatic carbocycles. The minimum atomic E-state index is -3.67. The Morgan fingerprint density at radius 1 is 1.32 bits per heavy atom. The van der Waals surface area contributed by atoms with Gasteiger partial charge in [0.15, 0.2) is 0 Å². The van der Waals surface area contributed by atoms with E-state index in [2.05, 4.69) is 10.0 Å². The third-order valence-electron chi connectivity index (χ3n) is 2.84. The van der Waals surface area contributed by atoms with E-state index in [4.69, 9.17) is 11.6 Å². The highest BCUT2D eigenvalue weighted by Gasteiger charge is 2.20. The van der Waals surface area contributed by atoms with Crippen molar-refractivity contribution in [1.82, 2.24) is 10.0 Å². The van der Waals surface area contributed by atoms with E-state index in [1.807, 2.05) is 0 Å². The molecule has 0 aromatic heterocycles. The highest BCUT2D eigenvalue weighted by atomic mass is 35.5. The van der Waals surface area contributed by atoms with Crippen LogP contribution in [0.1, 0.15) is 19.3 Å². The molecule has 19 heavy (non-hydrogen) atoms. The Bertz CT molecular complexity index is 547. The number of halogens is 2. The van der Waals surface area contributed by atoms with E-state index in [1.54, 1.807) is 0 Å². The van der Waals surface area contributed by atoms with Crippen LogP contribution in [0.3, 0.4) is 0 Å². The van der Waals surface area contributed by atoms with Gasteiger partial charge >= 0.3 is 0 Å². The van der Waals surface area contributed by atoms with Gasteiger partial charge in [-0.15, -0.1) is 0 Å². The first-order chi connectivity index (χ1) is 8.99. The molecule has 7 heteroatoms. The summed E-state index contributed by atoms with van der Waals surface area (Å²) in [4.78, 5) is -0.0919. The lowest BCUT2D eigenvalue weighted by atomic mass is 10.3. The van der Waals surface area contributed by atoms with Gasteiger partial charge in [0.05, 0.1) is 5.02 Å². The Balaban J connectivity index is 1.86. The van der Waals surface area contributed by atoms with Crippen LogP contribution >= 0.6 is 11.6 Å². The Labute approximate surface area is 117 Å². The molecule has 4 nitrogen and oxygen atoms in total. The maximum Gasteiger partial charge on any atom is 0.242 e. The zero-order chi connectivity index (χ0) is 13.9. The van der Waals surface area contributed by atoms with E-state index in [1.165, 1.54) is 18.9 Å². The van der Waals surface area contributed by atoms with Gasteiger partial charge in [0.1, 0.15) is 10.7 Å². The van der Waals surface area contributed by atoms with Gasteiger partial charge in [-0.3, -0.25) is 0 Å². The van der Waals surface area contributed by atoms with Crippen molar-refractivity contribution in [3.63, 3.8) is 0 Å². The van der Waals surface area contributed by atoms with Crippen LogP contribution in [0.25, 0.3) is 0 Å². The predicted octanol–water partition coefficient (Wildman–Crippen LogP) is 1.90. The minimum Gasteiger partial charge on any atom is -0.314 e. The Kier molecular flexibility index (Phi) is 4.78. The molecule has 1 saturated carbocycles. The second kappa shape index (κ2) is 6.17. The fourth-order valence-electron chi connectivity index (χ4n) is 1.66. The summed E-state index contributed by atoms with van der Waals surface area (Å²) in [7, 11) is -3.67. The van der Waals surface area contributed by atoms with E-state index < -0.39 is 15.8 Å². The molecular weight excluding hydrogens is 291 g/mol. The average Bonchev–Trinajstić information content (AvgIpc) is 3.11. The summed E-state index contributed by atoms with van der Waals surface area (Å²) in [5, 5.41) is 3.18. The summed E-state index contributed by atoms with van der Waals surface area (Å²) in [6.45, 7) is 1.11. The van der Waals surface area contributed by atoms with Crippen LogP contribution in [-0.4, -0.2) is 27.5 Å². The lowest BCUT2D eigenvalue weighted by Gasteiger charge is -2.08. The number of nitrogens with one attached hydrogen (secondary N) is 2. The largest absolute Gasteiger partial charge is 0.314 e. The van der Waals surface area contributed by atoms with Crippen LogP contribution in [0.2, 0.25) is 5.02 Å². The minimum absolute atomic E-state index is 0.0919. The summed E-state index contributed by atoms with van der Waals surface area (Å²) in [5.74, 6) is -0.558. The van der Waals surface area contributed by atoms with Crippen molar-refractivity contribution in [3.05, 3.63) is 29.0 Å². The Morgan fingerprint density at radius 2 is 2.05 bits per heavy atom. The molecule has 1 fully saturated rings. The summed E-state index contributed by atoms with van der Waals surface area (Å²) < 4.78 is 39.2. The van der Waals surface area contributed by atoms with Gasteiger partial charge in [-0.2, -0.15) is 0 Å². The van der Waals surface area contributed by atoms with E-state index in [0.29, 0.717) is 19.0 Å². The summed E-state index contributed by atoms with van der Waals surface area (Å²) in [6, 6.07) is 3.85. The molecule has 0 saturated heterocycles. The van der Waals surface area contributed by atoms with E-state index >= 15 is 0 Å². The zero-order valence-corrected chi connectivity index (χ0v) is 11.9. The monoisotopic (exact) mass is 306 g/mol. The van der Waals surface area contributed by atoms with Crippen molar-refractivity contribution < 1.29 is 12.8 Å². The van der Waals surface area contributed by atoms with Crippen molar-refractivity contribution in [3.8, 4) is 0 Å². The van der Waals surface area contributed by atoms with Gasteiger partial charge in [0.25, 0.3) is 0 Å². The van der Waals surface area contributed by atoms with Gasteiger partial charge in [-0.1, -0.05) is 11.6 Å². The number of benzene rings is 1. The van der Waals surface area contributed by atoms with Crippen molar-refractivity contribution in [2.45, 2.75) is 30.2 Å². The van der Waals surface area contributed by atoms with Gasteiger partial charge in [-0.05, 0) is 44.0 Å². The molecule has 1 aromatic carbocycles. The van der Waals surface area contributed by atoms with Crippen molar-refractivity contribution in [2.24, 2.45) is 0 Å². The van der Waals surface area contributed by atoms with Gasteiger partial charge in [0, 0.05) is 12.6 Å². The molecule has 0 atom stereocenters. The second-order valence-corrected chi connectivity index (χ2v) is 6.70. The lowest BCUT2D eigenvalue weighted by Crippen LogP contribution is -2.28. The number of sulfonamides is 1. The number of hydrogen-bond acceptors (Lipinski definition) is 3. The standard InChI is InChI=1S/C12H16ClFN2O2S/c13-11-8-9(14)2-5-12(11)19(17,18)16-7-1-6-15-10-3-4-10/h2,5,8,10,15-16H,1,3-4,6-7H2. The topological polar surface area (TPSA) is 58.2 Å². The molecule has 2 rings (SSSR count). The third-order valence-corrected chi connectivity index (χ3v) is 4.78. The fourth-order valence-corrected chi connectivity index (χ4v) is 3.26. The molecule has 0 bridgehead atoms. The van der Waals surface area contributed by atoms with Gasteiger partial charge in [-0.25, -0.2) is 17.5 Å². The van der Waals surface area contributed by atoms with Crippen LogP contribution in [0.5, 0.6) is 0 Å². The first-order valence-electron chi connectivity index (χ1n) is 6.17. The second-order valence-electron chi connectivity index (χ2n) is 4.55. The highest BCUT2D eigenvalue weighted by molar-refractivity contribution is 7.89. The van der Waals surface area contributed by atoms with E-state index in [9.17, 15) is 12.8 Å².